The first kappa shape index (κ1) is 16.4. The van der Waals surface area contributed by atoms with Crippen molar-refractivity contribution in [2.24, 2.45) is 5.92 Å². The second-order valence-electron chi connectivity index (χ2n) is 5.84. The average molecular weight is 348 g/mol. The van der Waals surface area contributed by atoms with Gasteiger partial charge in [0.2, 0.25) is 0 Å². The number of nitrogens with two attached hydrogens (primary N) is 1. The van der Waals surface area contributed by atoms with E-state index < -0.39 is 5.97 Å². The predicted molar refractivity (Wildman–Crippen MR) is 93.9 cm³/mol. The first-order valence-corrected chi connectivity index (χ1v) is 8.56. The Balaban J connectivity index is 1.77. The maximum atomic E-state index is 11.1. The molecule has 0 aromatic carbocycles. The van der Waals surface area contributed by atoms with Crippen LogP contribution < -0.4 is 16.0 Å². The maximum Gasteiger partial charge on any atom is 0.306 e. The molecule has 2 aromatic heterocycles. The highest BCUT2D eigenvalue weighted by atomic mass is 32.1. The molecule has 9 heteroatoms. The van der Waals surface area contributed by atoms with Gasteiger partial charge in [0.1, 0.15) is 12.0 Å². The number of nitrogens with one attached hydrogen (secondary N) is 1. The summed E-state index contributed by atoms with van der Waals surface area (Å²) >= 11 is 1.55. The lowest BCUT2D eigenvalue weighted by Crippen LogP contribution is -2.37. The van der Waals surface area contributed by atoms with Crippen LogP contribution in [0.15, 0.2) is 6.33 Å². The van der Waals surface area contributed by atoms with E-state index in [2.05, 4.69) is 20.3 Å². The summed E-state index contributed by atoms with van der Waals surface area (Å²) in [5, 5.41) is 13.0. The zero-order valence-electron chi connectivity index (χ0n) is 13.6. The fourth-order valence-electron chi connectivity index (χ4n) is 2.70. The monoisotopic (exact) mass is 348 g/mol. The summed E-state index contributed by atoms with van der Waals surface area (Å²) in [6, 6.07) is 0. The van der Waals surface area contributed by atoms with Gasteiger partial charge in [-0.05, 0) is 26.7 Å². The SMILES string of the molecule is Cc1nc(Nc2ncnc(N3CCC(C(=O)O)CC3)c2N)sc1C. The van der Waals surface area contributed by atoms with E-state index in [1.807, 2.05) is 18.7 Å². The number of aromatic nitrogens is 3. The number of thiazole rings is 1. The summed E-state index contributed by atoms with van der Waals surface area (Å²) in [5.41, 5.74) is 7.67. The smallest absolute Gasteiger partial charge is 0.306 e. The summed E-state index contributed by atoms with van der Waals surface area (Å²) in [7, 11) is 0. The number of carbonyl (C=O) groups is 1. The van der Waals surface area contributed by atoms with Crippen LogP contribution in [0.25, 0.3) is 0 Å². The molecule has 24 heavy (non-hydrogen) atoms. The van der Waals surface area contributed by atoms with Crippen LogP contribution in [0.1, 0.15) is 23.4 Å². The molecule has 0 unspecified atom stereocenters. The molecular weight excluding hydrogens is 328 g/mol. The predicted octanol–water partition coefficient (Wildman–Crippen LogP) is 2.18. The van der Waals surface area contributed by atoms with Gasteiger partial charge in [-0.15, -0.1) is 11.3 Å². The normalized spacial score (nSPS) is 15.5. The number of carboxylic acids is 1. The van der Waals surface area contributed by atoms with E-state index in [9.17, 15) is 4.79 Å². The number of hydrogen-bond acceptors (Lipinski definition) is 8. The Kier molecular flexibility index (Phi) is 4.52. The number of rotatable bonds is 4. The molecule has 1 fully saturated rings. The van der Waals surface area contributed by atoms with Gasteiger partial charge < -0.3 is 21.1 Å². The summed E-state index contributed by atoms with van der Waals surface area (Å²) in [5.74, 6) is 0.140. The minimum absolute atomic E-state index is 0.289. The lowest BCUT2D eigenvalue weighted by Gasteiger charge is -2.31. The van der Waals surface area contributed by atoms with Crippen molar-refractivity contribution < 1.29 is 9.90 Å². The van der Waals surface area contributed by atoms with E-state index in [-0.39, 0.29) is 5.92 Å². The second-order valence-corrected chi connectivity index (χ2v) is 7.05. The number of hydrogen-bond donors (Lipinski definition) is 3. The van der Waals surface area contributed by atoms with Gasteiger partial charge in [-0.1, -0.05) is 0 Å². The number of nitrogen functional groups attached to an aromatic ring is 1. The maximum absolute atomic E-state index is 11.1. The molecule has 0 atom stereocenters. The van der Waals surface area contributed by atoms with Crippen LogP contribution in [-0.4, -0.2) is 39.1 Å². The highest BCUT2D eigenvalue weighted by Crippen LogP contribution is 2.32. The van der Waals surface area contributed by atoms with E-state index in [0.717, 1.165) is 15.7 Å². The number of piperidine rings is 1. The molecule has 0 bridgehead atoms. The molecule has 2 aromatic rings. The van der Waals surface area contributed by atoms with Crippen molar-refractivity contribution in [1.29, 1.82) is 0 Å². The van der Waals surface area contributed by atoms with E-state index in [1.165, 1.54) is 6.33 Å². The average Bonchev–Trinajstić information content (AvgIpc) is 2.87. The Morgan fingerprint density at radius 2 is 2.08 bits per heavy atom. The minimum Gasteiger partial charge on any atom is -0.481 e. The highest BCUT2D eigenvalue weighted by molar-refractivity contribution is 7.15. The molecule has 128 valence electrons. The van der Waals surface area contributed by atoms with E-state index in [4.69, 9.17) is 10.8 Å². The van der Waals surface area contributed by atoms with Crippen molar-refractivity contribution in [3.63, 3.8) is 0 Å². The van der Waals surface area contributed by atoms with Gasteiger partial charge in [0.25, 0.3) is 0 Å². The molecule has 0 spiro atoms. The highest BCUT2D eigenvalue weighted by Gasteiger charge is 2.26. The van der Waals surface area contributed by atoms with Gasteiger partial charge in [-0.25, -0.2) is 15.0 Å². The summed E-state index contributed by atoms with van der Waals surface area (Å²) in [6.07, 6.45) is 2.64. The minimum atomic E-state index is -0.734. The van der Waals surface area contributed by atoms with E-state index in [1.54, 1.807) is 11.3 Å². The molecule has 0 saturated carbocycles. The van der Waals surface area contributed by atoms with Crippen LogP contribution in [0.4, 0.5) is 22.5 Å². The molecule has 1 aliphatic heterocycles. The number of aryl methyl sites for hydroxylation is 2. The van der Waals surface area contributed by atoms with Crippen LogP contribution in [0, 0.1) is 19.8 Å². The molecule has 0 aliphatic carbocycles. The van der Waals surface area contributed by atoms with Gasteiger partial charge in [0.15, 0.2) is 16.8 Å². The van der Waals surface area contributed by atoms with Crippen molar-refractivity contribution in [3.8, 4) is 0 Å². The van der Waals surface area contributed by atoms with Crippen molar-refractivity contribution in [2.75, 3.05) is 29.0 Å². The molecular formula is C15H20N6O2S. The standard InChI is InChI=1S/C15H20N6O2S/c1-8-9(2)24-15(19-8)20-12-11(16)13(18-7-17-12)21-5-3-10(4-6-21)14(22)23/h7,10H,3-6,16H2,1-2H3,(H,22,23)(H,17,18,19,20). The Bertz CT molecular complexity index is 735. The summed E-state index contributed by atoms with van der Waals surface area (Å²) < 4.78 is 0. The number of anilines is 4. The second kappa shape index (κ2) is 6.60. The van der Waals surface area contributed by atoms with Gasteiger partial charge in [-0.2, -0.15) is 0 Å². The molecule has 3 heterocycles. The van der Waals surface area contributed by atoms with Crippen molar-refractivity contribution in [1.82, 2.24) is 15.0 Å². The first-order chi connectivity index (χ1) is 11.5. The topological polar surface area (TPSA) is 117 Å². The van der Waals surface area contributed by atoms with Crippen LogP contribution in [-0.2, 0) is 4.79 Å². The summed E-state index contributed by atoms with van der Waals surface area (Å²) in [6.45, 7) is 5.21. The van der Waals surface area contributed by atoms with Gasteiger partial charge in [-0.3, -0.25) is 4.79 Å². The van der Waals surface area contributed by atoms with Crippen molar-refractivity contribution in [2.45, 2.75) is 26.7 Å². The number of carboxylic acid groups (broad SMARTS) is 1. The third-order valence-corrected chi connectivity index (χ3v) is 5.25. The Morgan fingerprint density at radius 3 is 2.67 bits per heavy atom. The third kappa shape index (κ3) is 3.25. The lowest BCUT2D eigenvalue weighted by atomic mass is 9.97. The van der Waals surface area contributed by atoms with Gasteiger partial charge in [0, 0.05) is 18.0 Å². The molecule has 8 nitrogen and oxygen atoms in total. The Hall–Kier alpha value is -2.42. The van der Waals surface area contributed by atoms with Gasteiger partial charge in [0.05, 0.1) is 11.6 Å². The summed E-state index contributed by atoms with van der Waals surface area (Å²) in [4.78, 5) is 27.1. The van der Waals surface area contributed by atoms with Crippen molar-refractivity contribution >= 4 is 39.8 Å². The van der Waals surface area contributed by atoms with E-state index >= 15 is 0 Å². The zero-order chi connectivity index (χ0) is 17.3. The number of aliphatic carboxylic acids is 1. The Morgan fingerprint density at radius 1 is 1.38 bits per heavy atom. The van der Waals surface area contributed by atoms with Gasteiger partial charge >= 0.3 is 5.97 Å². The van der Waals surface area contributed by atoms with Crippen LogP contribution >= 0.6 is 11.3 Å². The molecule has 0 amide bonds. The fraction of sp³-hybridized carbons (Fsp3) is 0.467. The zero-order valence-corrected chi connectivity index (χ0v) is 14.4. The van der Waals surface area contributed by atoms with Crippen LogP contribution in [0.5, 0.6) is 0 Å². The van der Waals surface area contributed by atoms with E-state index in [0.29, 0.717) is 43.3 Å². The Labute approximate surface area is 143 Å². The van der Waals surface area contributed by atoms with Crippen LogP contribution in [0.3, 0.4) is 0 Å². The largest absolute Gasteiger partial charge is 0.481 e. The van der Waals surface area contributed by atoms with Crippen molar-refractivity contribution in [3.05, 3.63) is 16.9 Å². The molecule has 3 rings (SSSR count). The number of nitrogens with zero attached hydrogens (tertiary/aromatic N) is 4. The molecule has 1 aliphatic rings. The molecule has 4 N–H and O–H groups in total. The fourth-order valence-corrected chi connectivity index (χ4v) is 3.52. The van der Waals surface area contributed by atoms with Crippen LogP contribution in [0.2, 0.25) is 0 Å². The lowest BCUT2D eigenvalue weighted by molar-refractivity contribution is -0.142. The molecule has 1 saturated heterocycles. The quantitative estimate of drug-likeness (QED) is 0.769. The molecule has 0 radical (unpaired) electrons. The third-order valence-electron chi connectivity index (χ3n) is 4.26. The first-order valence-electron chi connectivity index (χ1n) is 7.75.